The Hall–Kier alpha value is -0.870. The molecule has 0 spiro atoms. The molecule has 4 heteroatoms. The van der Waals surface area contributed by atoms with Gasteiger partial charge in [0.05, 0.1) is 12.1 Å². The average Bonchev–Trinajstić information content (AvgIpc) is 2.56. The Morgan fingerprint density at radius 3 is 2.62 bits per heavy atom. The quantitative estimate of drug-likeness (QED) is 0.848. The molecule has 0 aliphatic carbocycles. The fourth-order valence-electron chi connectivity index (χ4n) is 1.66. The summed E-state index contributed by atoms with van der Waals surface area (Å²) in [5.41, 5.74) is 6.87. The second-order valence-electron chi connectivity index (χ2n) is 4.11. The van der Waals surface area contributed by atoms with Gasteiger partial charge in [0.15, 0.2) is 0 Å². The lowest BCUT2D eigenvalue weighted by molar-refractivity contribution is -0.123. The molecule has 90 valence electrons. The van der Waals surface area contributed by atoms with Gasteiger partial charge in [-0.1, -0.05) is 6.92 Å². The summed E-state index contributed by atoms with van der Waals surface area (Å²) in [5, 5.41) is 2.94. The molecule has 0 radical (unpaired) electrons. The minimum atomic E-state index is -0.400. The molecule has 0 bridgehead atoms. The first-order valence-electron chi connectivity index (χ1n) is 5.58. The third-order valence-electron chi connectivity index (χ3n) is 2.68. The Bertz CT molecular complexity index is 373. The highest BCUT2D eigenvalue weighted by atomic mass is 32.1. The molecule has 3 N–H and O–H groups in total. The van der Waals surface area contributed by atoms with E-state index in [1.54, 1.807) is 11.3 Å². The van der Waals surface area contributed by atoms with Crippen LogP contribution in [-0.2, 0) is 4.79 Å². The van der Waals surface area contributed by atoms with E-state index in [0.29, 0.717) is 6.42 Å². The van der Waals surface area contributed by atoms with Crippen LogP contribution in [0.2, 0.25) is 0 Å². The first-order chi connectivity index (χ1) is 7.45. The molecular weight excluding hydrogens is 220 g/mol. The zero-order chi connectivity index (χ0) is 12.3. The molecule has 0 saturated heterocycles. The van der Waals surface area contributed by atoms with Crippen molar-refractivity contribution < 1.29 is 4.79 Å². The van der Waals surface area contributed by atoms with E-state index in [1.807, 2.05) is 13.8 Å². The summed E-state index contributed by atoms with van der Waals surface area (Å²) < 4.78 is 0. The Morgan fingerprint density at radius 2 is 2.19 bits per heavy atom. The van der Waals surface area contributed by atoms with E-state index >= 15 is 0 Å². The van der Waals surface area contributed by atoms with Crippen LogP contribution < -0.4 is 11.1 Å². The van der Waals surface area contributed by atoms with Crippen molar-refractivity contribution in [2.75, 3.05) is 0 Å². The predicted octanol–water partition coefficient (Wildman–Crippen LogP) is 2.28. The molecule has 1 heterocycles. The number of rotatable bonds is 4. The molecule has 1 rings (SSSR count). The minimum Gasteiger partial charge on any atom is -0.348 e. The van der Waals surface area contributed by atoms with Crippen LogP contribution in [0.15, 0.2) is 6.07 Å². The van der Waals surface area contributed by atoms with Gasteiger partial charge in [0.1, 0.15) is 0 Å². The Balaban J connectivity index is 2.69. The molecule has 0 unspecified atom stereocenters. The van der Waals surface area contributed by atoms with Gasteiger partial charge in [0.25, 0.3) is 0 Å². The third kappa shape index (κ3) is 3.06. The van der Waals surface area contributed by atoms with Crippen molar-refractivity contribution in [1.82, 2.24) is 5.32 Å². The normalized spacial score (nSPS) is 14.6. The van der Waals surface area contributed by atoms with Gasteiger partial charge in [-0.05, 0) is 38.8 Å². The van der Waals surface area contributed by atoms with Gasteiger partial charge in [-0.3, -0.25) is 4.79 Å². The largest absolute Gasteiger partial charge is 0.348 e. The lowest BCUT2D eigenvalue weighted by Gasteiger charge is -2.16. The summed E-state index contributed by atoms with van der Waals surface area (Å²) in [6.45, 7) is 8.06. The number of hydrogen-bond donors (Lipinski definition) is 2. The van der Waals surface area contributed by atoms with E-state index in [4.69, 9.17) is 5.73 Å². The zero-order valence-corrected chi connectivity index (χ0v) is 11.1. The fourth-order valence-corrected chi connectivity index (χ4v) is 2.69. The molecule has 0 aromatic carbocycles. The highest BCUT2D eigenvalue weighted by molar-refractivity contribution is 7.12. The number of carbonyl (C=O) groups is 1. The van der Waals surface area contributed by atoms with Crippen LogP contribution in [0, 0.1) is 13.8 Å². The van der Waals surface area contributed by atoms with E-state index in [0.717, 1.165) is 0 Å². The van der Waals surface area contributed by atoms with Crippen LogP contribution in [0.1, 0.15) is 41.6 Å². The van der Waals surface area contributed by atoms with Gasteiger partial charge in [0, 0.05) is 9.75 Å². The molecule has 1 amide bonds. The number of amides is 1. The van der Waals surface area contributed by atoms with Gasteiger partial charge in [-0.25, -0.2) is 0 Å². The van der Waals surface area contributed by atoms with Crippen molar-refractivity contribution in [2.45, 2.75) is 46.2 Å². The van der Waals surface area contributed by atoms with Crippen molar-refractivity contribution in [1.29, 1.82) is 0 Å². The third-order valence-corrected chi connectivity index (χ3v) is 3.66. The Labute approximate surface area is 101 Å². The first kappa shape index (κ1) is 13.2. The van der Waals surface area contributed by atoms with E-state index in [2.05, 4.69) is 25.2 Å². The fraction of sp³-hybridized carbons (Fsp3) is 0.583. The maximum atomic E-state index is 11.6. The highest BCUT2D eigenvalue weighted by Gasteiger charge is 2.17. The van der Waals surface area contributed by atoms with Gasteiger partial charge < -0.3 is 11.1 Å². The first-order valence-corrected chi connectivity index (χ1v) is 6.40. The molecule has 0 saturated carbocycles. The maximum Gasteiger partial charge on any atom is 0.237 e. The standard InChI is InChI=1S/C12H20N2OS/c1-5-11(13)12(15)14-8(3)10-6-7(2)16-9(10)4/h6,8,11H,5,13H2,1-4H3,(H,14,15)/t8-,11-/m1/s1. The monoisotopic (exact) mass is 240 g/mol. The summed E-state index contributed by atoms with van der Waals surface area (Å²) in [6, 6.07) is 1.76. The molecule has 1 aromatic rings. The smallest absolute Gasteiger partial charge is 0.237 e. The SMILES string of the molecule is CC[C@@H](N)C(=O)N[C@H](C)c1cc(C)sc1C. The molecule has 0 fully saturated rings. The van der Waals surface area contributed by atoms with E-state index in [1.165, 1.54) is 15.3 Å². The highest BCUT2D eigenvalue weighted by Crippen LogP contribution is 2.26. The van der Waals surface area contributed by atoms with Crippen LogP contribution in [-0.4, -0.2) is 11.9 Å². The van der Waals surface area contributed by atoms with E-state index < -0.39 is 6.04 Å². The topological polar surface area (TPSA) is 55.1 Å². The van der Waals surface area contributed by atoms with Crippen molar-refractivity contribution in [2.24, 2.45) is 5.73 Å². The van der Waals surface area contributed by atoms with Crippen molar-refractivity contribution in [3.63, 3.8) is 0 Å². The van der Waals surface area contributed by atoms with E-state index in [-0.39, 0.29) is 11.9 Å². The molecule has 1 aromatic heterocycles. The molecular formula is C12H20N2OS. The number of nitrogens with one attached hydrogen (secondary N) is 1. The zero-order valence-electron chi connectivity index (χ0n) is 10.3. The average molecular weight is 240 g/mol. The van der Waals surface area contributed by atoms with Crippen LogP contribution in [0.5, 0.6) is 0 Å². The second kappa shape index (κ2) is 5.46. The summed E-state index contributed by atoms with van der Waals surface area (Å²) in [5.74, 6) is -0.0711. The van der Waals surface area contributed by atoms with Gasteiger partial charge in [-0.2, -0.15) is 0 Å². The molecule has 2 atom stereocenters. The number of aryl methyl sites for hydroxylation is 2. The van der Waals surface area contributed by atoms with Crippen molar-refractivity contribution in [3.05, 3.63) is 21.4 Å². The van der Waals surface area contributed by atoms with Gasteiger partial charge in [-0.15, -0.1) is 11.3 Å². The Kier molecular flexibility index (Phi) is 4.50. The summed E-state index contributed by atoms with van der Waals surface area (Å²) in [6.07, 6.45) is 0.667. The minimum absolute atomic E-state index is 0.0371. The number of thiophene rings is 1. The molecule has 0 aliphatic heterocycles. The lowest BCUT2D eigenvalue weighted by Crippen LogP contribution is -2.41. The van der Waals surface area contributed by atoms with Crippen LogP contribution in [0.3, 0.4) is 0 Å². The van der Waals surface area contributed by atoms with Crippen LogP contribution >= 0.6 is 11.3 Å². The lowest BCUT2D eigenvalue weighted by atomic mass is 10.1. The van der Waals surface area contributed by atoms with E-state index in [9.17, 15) is 4.79 Å². The maximum absolute atomic E-state index is 11.6. The second-order valence-corrected chi connectivity index (χ2v) is 5.57. The van der Waals surface area contributed by atoms with Gasteiger partial charge >= 0.3 is 0 Å². The number of hydrogen-bond acceptors (Lipinski definition) is 3. The van der Waals surface area contributed by atoms with Crippen molar-refractivity contribution in [3.8, 4) is 0 Å². The van der Waals surface area contributed by atoms with Crippen LogP contribution in [0.4, 0.5) is 0 Å². The predicted molar refractivity (Wildman–Crippen MR) is 68.6 cm³/mol. The summed E-state index contributed by atoms with van der Waals surface area (Å²) in [7, 11) is 0. The number of nitrogens with two attached hydrogens (primary N) is 1. The number of carbonyl (C=O) groups excluding carboxylic acids is 1. The van der Waals surface area contributed by atoms with Crippen LogP contribution in [0.25, 0.3) is 0 Å². The molecule has 16 heavy (non-hydrogen) atoms. The molecule has 0 aliphatic rings. The summed E-state index contributed by atoms with van der Waals surface area (Å²) in [4.78, 5) is 14.2. The van der Waals surface area contributed by atoms with Gasteiger partial charge in [0.2, 0.25) is 5.91 Å². The van der Waals surface area contributed by atoms with Crippen molar-refractivity contribution >= 4 is 17.2 Å². The Morgan fingerprint density at radius 1 is 1.56 bits per heavy atom. The summed E-state index contributed by atoms with van der Waals surface area (Å²) >= 11 is 1.76. The molecule has 3 nitrogen and oxygen atoms in total.